The van der Waals surface area contributed by atoms with Gasteiger partial charge in [-0.25, -0.2) is 8.42 Å². The maximum atomic E-state index is 12.9. The zero-order valence-corrected chi connectivity index (χ0v) is 18.1. The van der Waals surface area contributed by atoms with Gasteiger partial charge in [-0.3, -0.25) is 15.0 Å². The van der Waals surface area contributed by atoms with E-state index in [9.17, 15) is 18.5 Å². The molecule has 0 amide bonds. The molecule has 2 aliphatic rings. The fourth-order valence-electron chi connectivity index (χ4n) is 3.37. The molecule has 0 unspecified atom stereocenters. The molecule has 1 fully saturated rings. The van der Waals surface area contributed by atoms with Crippen LogP contribution in [0.1, 0.15) is 5.56 Å². The van der Waals surface area contributed by atoms with E-state index in [1.165, 1.54) is 16.4 Å². The molecular weight excluding hydrogens is 457 g/mol. The topological polar surface area (TPSA) is 102 Å². The Kier molecular flexibility index (Phi) is 6.73. The maximum Gasteiger partial charge on any atom is 0.289 e. The number of nitro groups is 1. The Balaban J connectivity index is 0.00000256. The minimum atomic E-state index is -3.83. The third kappa shape index (κ3) is 4.47. The first-order chi connectivity index (χ1) is 13.8. The van der Waals surface area contributed by atoms with E-state index < -0.39 is 20.6 Å². The third-order valence-electron chi connectivity index (χ3n) is 4.93. The number of hydrogen-bond donors (Lipinski definition) is 0. The van der Waals surface area contributed by atoms with Crippen LogP contribution in [0.5, 0.6) is 11.5 Å². The van der Waals surface area contributed by atoms with Crippen LogP contribution in [-0.4, -0.2) is 55.5 Å². The van der Waals surface area contributed by atoms with E-state index in [2.05, 4.69) is 4.90 Å². The molecule has 0 aromatic heterocycles. The third-order valence-corrected chi connectivity index (χ3v) is 7.14. The molecule has 0 bridgehead atoms. The van der Waals surface area contributed by atoms with Gasteiger partial charge in [0.1, 0.15) is 5.02 Å². The highest BCUT2D eigenvalue weighted by Gasteiger charge is 2.30. The van der Waals surface area contributed by atoms with Crippen LogP contribution in [0.2, 0.25) is 5.02 Å². The van der Waals surface area contributed by atoms with Crippen LogP contribution in [0.3, 0.4) is 0 Å². The van der Waals surface area contributed by atoms with Crippen LogP contribution < -0.4 is 9.47 Å². The van der Waals surface area contributed by atoms with E-state index >= 15 is 0 Å². The number of nitrogens with zero attached hydrogens (tertiary/aromatic N) is 3. The summed E-state index contributed by atoms with van der Waals surface area (Å²) < 4.78 is 37.8. The van der Waals surface area contributed by atoms with Crippen LogP contribution in [0, 0.1) is 10.1 Å². The number of rotatable bonds is 5. The monoisotopic (exact) mass is 475 g/mol. The Bertz CT molecular complexity index is 1060. The smallest absolute Gasteiger partial charge is 0.289 e. The van der Waals surface area contributed by atoms with Gasteiger partial charge in [0.2, 0.25) is 16.8 Å². The van der Waals surface area contributed by atoms with E-state index in [1.807, 2.05) is 18.2 Å². The summed E-state index contributed by atoms with van der Waals surface area (Å²) in [5.41, 5.74) is 0.632. The first-order valence-corrected chi connectivity index (χ1v) is 10.7. The molecule has 0 atom stereocenters. The van der Waals surface area contributed by atoms with Gasteiger partial charge in [0.05, 0.1) is 9.82 Å². The number of nitro benzene ring substituents is 1. The number of fused-ring (bicyclic) bond motifs is 1. The van der Waals surface area contributed by atoms with Gasteiger partial charge in [-0.05, 0) is 29.8 Å². The number of piperazine rings is 1. The largest absolute Gasteiger partial charge is 0.454 e. The summed E-state index contributed by atoms with van der Waals surface area (Å²) in [5.74, 6) is 1.44. The van der Waals surface area contributed by atoms with E-state index in [0.29, 0.717) is 38.5 Å². The van der Waals surface area contributed by atoms with Gasteiger partial charge >= 0.3 is 0 Å². The van der Waals surface area contributed by atoms with Crippen LogP contribution in [0.4, 0.5) is 5.69 Å². The first kappa shape index (κ1) is 22.6. The van der Waals surface area contributed by atoms with Crippen molar-refractivity contribution in [3.63, 3.8) is 0 Å². The molecule has 30 heavy (non-hydrogen) atoms. The normalized spacial score (nSPS) is 16.8. The predicted octanol–water partition coefficient (Wildman–Crippen LogP) is 2.91. The van der Waals surface area contributed by atoms with Crippen LogP contribution in [0.25, 0.3) is 0 Å². The number of sulfonamides is 1. The molecule has 0 spiro atoms. The summed E-state index contributed by atoms with van der Waals surface area (Å²) >= 11 is 5.78. The molecule has 2 heterocycles. The Hall–Kier alpha value is -2.11. The molecule has 2 aromatic carbocycles. The fraction of sp³-hybridized carbons (Fsp3) is 0.333. The number of benzene rings is 2. The van der Waals surface area contributed by atoms with Crippen LogP contribution in [-0.2, 0) is 16.6 Å². The van der Waals surface area contributed by atoms with Gasteiger partial charge in [0.15, 0.2) is 11.5 Å². The summed E-state index contributed by atoms with van der Waals surface area (Å²) in [6.45, 7) is 2.56. The Labute approximate surface area is 184 Å². The maximum absolute atomic E-state index is 12.9. The Morgan fingerprint density at radius 3 is 2.43 bits per heavy atom. The van der Waals surface area contributed by atoms with Gasteiger partial charge in [0, 0.05) is 38.8 Å². The molecule has 0 radical (unpaired) electrons. The summed E-state index contributed by atoms with van der Waals surface area (Å²) in [7, 11) is -3.83. The van der Waals surface area contributed by atoms with Crippen molar-refractivity contribution in [1.82, 2.24) is 9.21 Å². The predicted molar refractivity (Wildman–Crippen MR) is 112 cm³/mol. The average Bonchev–Trinajstić information content (AvgIpc) is 3.16. The van der Waals surface area contributed by atoms with Crippen LogP contribution in [0.15, 0.2) is 41.3 Å². The Morgan fingerprint density at radius 2 is 1.73 bits per heavy atom. The van der Waals surface area contributed by atoms with Crippen molar-refractivity contribution in [1.29, 1.82) is 0 Å². The lowest BCUT2D eigenvalue weighted by molar-refractivity contribution is -0.384. The van der Waals surface area contributed by atoms with Gasteiger partial charge in [-0.15, -0.1) is 12.4 Å². The second kappa shape index (κ2) is 8.94. The molecule has 2 aliphatic heterocycles. The molecule has 0 N–H and O–H groups in total. The second-order valence-electron chi connectivity index (χ2n) is 6.74. The summed E-state index contributed by atoms with van der Waals surface area (Å²) in [6.07, 6.45) is 0. The summed E-state index contributed by atoms with van der Waals surface area (Å²) in [5, 5.41) is 11.0. The highest BCUT2D eigenvalue weighted by atomic mass is 35.5. The lowest BCUT2D eigenvalue weighted by Gasteiger charge is -2.34. The van der Waals surface area contributed by atoms with E-state index in [-0.39, 0.29) is 29.1 Å². The Morgan fingerprint density at radius 1 is 1.03 bits per heavy atom. The molecule has 4 rings (SSSR count). The molecule has 1 saturated heterocycles. The van der Waals surface area contributed by atoms with Crippen molar-refractivity contribution in [2.45, 2.75) is 11.4 Å². The highest BCUT2D eigenvalue weighted by molar-refractivity contribution is 7.89. The standard InChI is InChI=1S/C18H18ClN3O6S.ClH/c19-15-3-2-14(10-16(15)22(23)24)29(25,26)21-7-5-20(6-8-21)11-13-1-4-17-18(9-13)28-12-27-17;/h1-4,9-10H,5-8,11-12H2;1H. The van der Waals surface area contributed by atoms with E-state index in [0.717, 1.165) is 17.4 Å². The van der Waals surface area contributed by atoms with Gasteiger partial charge in [0.25, 0.3) is 5.69 Å². The van der Waals surface area contributed by atoms with Crippen molar-refractivity contribution in [3.05, 3.63) is 57.1 Å². The number of ether oxygens (including phenoxy) is 2. The van der Waals surface area contributed by atoms with Gasteiger partial charge in [-0.1, -0.05) is 17.7 Å². The summed E-state index contributed by atoms with van der Waals surface area (Å²) in [4.78, 5) is 12.4. The molecule has 12 heteroatoms. The SMILES string of the molecule is Cl.O=[N+]([O-])c1cc(S(=O)(=O)N2CCN(Cc3ccc4c(c3)OCO4)CC2)ccc1Cl. The van der Waals surface area contributed by atoms with Crippen molar-refractivity contribution in [2.75, 3.05) is 33.0 Å². The van der Waals surface area contributed by atoms with E-state index in [1.54, 1.807) is 0 Å². The highest BCUT2D eigenvalue weighted by Crippen LogP contribution is 2.33. The van der Waals surface area contributed by atoms with Crippen molar-refractivity contribution in [3.8, 4) is 11.5 Å². The molecule has 9 nitrogen and oxygen atoms in total. The van der Waals surface area contributed by atoms with E-state index in [4.69, 9.17) is 21.1 Å². The minimum absolute atomic E-state index is 0. The van der Waals surface area contributed by atoms with Crippen LogP contribution >= 0.6 is 24.0 Å². The van der Waals surface area contributed by atoms with Crippen molar-refractivity contribution >= 4 is 39.7 Å². The van der Waals surface area contributed by atoms with Crippen molar-refractivity contribution < 1.29 is 22.8 Å². The lowest BCUT2D eigenvalue weighted by atomic mass is 10.2. The molecule has 162 valence electrons. The molecule has 0 saturated carbocycles. The number of halogens is 2. The minimum Gasteiger partial charge on any atom is -0.454 e. The van der Waals surface area contributed by atoms with Gasteiger partial charge in [-0.2, -0.15) is 4.31 Å². The lowest BCUT2D eigenvalue weighted by Crippen LogP contribution is -2.48. The van der Waals surface area contributed by atoms with Gasteiger partial charge < -0.3 is 9.47 Å². The molecular formula is C18H19Cl2N3O6S. The fourth-order valence-corrected chi connectivity index (χ4v) is 5.00. The summed E-state index contributed by atoms with van der Waals surface area (Å²) in [6, 6.07) is 9.30. The molecule has 2 aromatic rings. The van der Waals surface area contributed by atoms with Crippen molar-refractivity contribution in [2.24, 2.45) is 0 Å². The second-order valence-corrected chi connectivity index (χ2v) is 9.08. The first-order valence-electron chi connectivity index (χ1n) is 8.89. The zero-order valence-electron chi connectivity index (χ0n) is 15.7. The number of hydrogen-bond acceptors (Lipinski definition) is 7. The zero-order chi connectivity index (χ0) is 20.6. The average molecular weight is 476 g/mol. The quantitative estimate of drug-likeness (QED) is 0.483. The molecule has 0 aliphatic carbocycles.